The van der Waals surface area contributed by atoms with Crippen LogP contribution >= 0.6 is 27.5 Å². The van der Waals surface area contributed by atoms with Crippen LogP contribution in [-0.4, -0.2) is 9.97 Å². The maximum atomic E-state index is 12.3. The third-order valence-corrected chi connectivity index (χ3v) is 4.04. The summed E-state index contributed by atoms with van der Waals surface area (Å²) >= 11 is 9.45. The zero-order valence-electron chi connectivity index (χ0n) is 11.1. The number of fused-ring (bicyclic) bond motifs is 3. The number of furan rings is 1. The van der Waals surface area contributed by atoms with Crippen LogP contribution in [0, 0.1) is 0 Å². The van der Waals surface area contributed by atoms with Crippen LogP contribution < -0.4 is 5.56 Å². The van der Waals surface area contributed by atoms with E-state index in [2.05, 4.69) is 25.9 Å². The Morgan fingerprint density at radius 2 is 2.00 bits per heavy atom. The molecular formula is C16H8BrClN2O2. The van der Waals surface area contributed by atoms with Gasteiger partial charge in [0.05, 0.1) is 0 Å². The number of nitrogens with one attached hydrogen (secondary N) is 1. The van der Waals surface area contributed by atoms with Crippen LogP contribution in [0.2, 0.25) is 5.02 Å². The Balaban J connectivity index is 2.07. The van der Waals surface area contributed by atoms with Gasteiger partial charge in [0.15, 0.2) is 0 Å². The molecule has 0 unspecified atom stereocenters. The van der Waals surface area contributed by atoms with Gasteiger partial charge in [-0.05, 0) is 30.3 Å². The van der Waals surface area contributed by atoms with Gasteiger partial charge in [-0.1, -0.05) is 39.7 Å². The molecular weight excluding hydrogens is 368 g/mol. The Labute approximate surface area is 137 Å². The summed E-state index contributed by atoms with van der Waals surface area (Å²) in [7, 11) is 0. The van der Waals surface area contributed by atoms with Crippen molar-refractivity contribution in [3.05, 3.63) is 62.3 Å². The number of hydrogen-bond donors (Lipinski definition) is 1. The van der Waals surface area contributed by atoms with Gasteiger partial charge < -0.3 is 9.40 Å². The Kier molecular flexibility index (Phi) is 3.06. The quantitative estimate of drug-likeness (QED) is 0.522. The van der Waals surface area contributed by atoms with Crippen molar-refractivity contribution in [2.45, 2.75) is 0 Å². The summed E-state index contributed by atoms with van der Waals surface area (Å²) < 4.78 is 6.39. The minimum Gasteiger partial charge on any atom is -0.449 e. The number of para-hydroxylation sites is 1. The van der Waals surface area contributed by atoms with Crippen LogP contribution in [0.3, 0.4) is 0 Å². The Hall–Kier alpha value is -2.11. The van der Waals surface area contributed by atoms with Crippen molar-refractivity contribution >= 4 is 49.6 Å². The lowest BCUT2D eigenvalue weighted by atomic mass is 10.2. The molecule has 0 atom stereocenters. The maximum Gasteiger partial charge on any atom is 0.294 e. The molecule has 2 aromatic carbocycles. The molecule has 0 bridgehead atoms. The molecule has 4 rings (SSSR count). The van der Waals surface area contributed by atoms with Crippen molar-refractivity contribution in [1.29, 1.82) is 0 Å². The number of nitrogens with zero attached hydrogens (tertiary/aromatic N) is 1. The fourth-order valence-electron chi connectivity index (χ4n) is 2.43. The fraction of sp³-hybridized carbons (Fsp3) is 0. The number of aromatic nitrogens is 2. The first-order valence-corrected chi connectivity index (χ1v) is 7.67. The first-order valence-electron chi connectivity index (χ1n) is 6.50. The summed E-state index contributed by atoms with van der Waals surface area (Å²) in [5.41, 5.74) is 1.83. The highest BCUT2D eigenvalue weighted by atomic mass is 79.9. The van der Waals surface area contributed by atoms with Crippen molar-refractivity contribution in [3.63, 3.8) is 0 Å². The monoisotopic (exact) mass is 374 g/mol. The van der Waals surface area contributed by atoms with Crippen molar-refractivity contribution in [2.75, 3.05) is 0 Å². The average molecular weight is 376 g/mol. The van der Waals surface area contributed by atoms with Gasteiger partial charge >= 0.3 is 0 Å². The molecule has 0 aliphatic rings. The van der Waals surface area contributed by atoms with Gasteiger partial charge in [0, 0.05) is 20.4 Å². The van der Waals surface area contributed by atoms with Crippen LogP contribution in [0.4, 0.5) is 0 Å². The average Bonchev–Trinajstić information content (AvgIpc) is 2.86. The second kappa shape index (κ2) is 4.97. The molecule has 0 aliphatic carbocycles. The number of hydrogen-bond acceptors (Lipinski definition) is 3. The van der Waals surface area contributed by atoms with E-state index in [0.717, 1.165) is 15.4 Å². The van der Waals surface area contributed by atoms with Gasteiger partial charge in [-0.3, -0.25) is 4.79 Å². The molecule has 0 radical (unpaired) electrons. The van der Waals surface area contributed by atoms with Gasteiger partial charge in [0.1, 0.15) is 16.9 Å². The Morgan fingerprint density at radius 3 is 2.82 bits per heavy atom. The predicted molar refractivity (Wildman–Crippen MR) is 90.3 cm³/mol. The number of benzene rings is 2. The molecule has 0 saturated heterocycles. The highest BCUT2D eigenvalue weighted by Crippen LogP contribution is 2.28. The van der Waals surface area contributed by atoms with Crippen LogP contribution in [-0.2, 0) is 0 Å². The summed E-state index contributed by atoms with van der Waals surface area (Å²) in [4.78, 5) is 19.6. The lowest BCUT2D eigenvalue weighted by molar-refractivity contribution is 0.661. The molecule has 0 amide bonds. The van der Waals surface area contributed by atoms with E-state index in [4.69, 9.17) is 16.0 Å². The highest BCUT2D eigenvalue weighted by Gasteiger charge is 2.14. The zero-order chi connectivity index (χ0) is 15.3. The second-order valence-corrected chi connectivity index (χ2v) is 6.20. The first-order chi connectivity index (χ1) is 10.6. The molecule has 4 nitrogen and oxygen atoms in total. The van der Waals surface area contributed by atoms with Crippen LogP contribution in [0.5, 0.6) is 0 Å². The first kappa shape index (κ1) is 13.5. The van der Waals surface area contributed by atoms with Gasteiger partial charge in [-0.2, -0.15) is 0 Å². The molecule has 1 N–H and O–H groups in total. The summed E-state index contributed by atoms with van der Waals surface area (Å²) in [6, 6.07) is 12.8. The van der Waals surface area contributed by atoms with Gasteiger partial charge in [-0.15, -0.1) is 0 Å². The molecule has 108 valence electrons. The number of aromatic amines is 1. The molecule has 22 heavy (non-hydrogen) atoms. The van der Waals surface area contributed by atoms with Crippen molar-refractivity contribution in [2.24, 2.45) is 0 Å². The topological polar surface area (TPSA) is 58.9 Å². The summed E-state index contributed by atoms with van der Waals surface area (Å²) in [6.45, 7) is 0. The van der Waals surface area contributed by atoms with E-state index in [1.165, 1.54) is 0 Å². The van der Waals surface area contributed by atoms with Crippen molar-refractivity contribution < 1.29 is 4.42 Å². The molecule has 0 spiro atoms. The van der Waals surface area contributed by atoms with Crippen LogP contribution in [0.1, 0.15) is 0 Å². The zero-order valence-corrected chi connectivity index (χ0v) is 13.4. The minimum atomic E-state index is -0.313. The van der Waals surface area contributed by atoms with E-state index < -0.39 is 0 Å². The van der Waals surface area contributed by atoms with E-state index in [1.54, 1.807) is 12.1 Å². The van der Waals surface area contributed by atoms with Gasteiger partial charge in [0.2, 0.25) is 5.58 Å². The molecule has 0 fully saturated rings. The molecule has 6 heteroatoms. The molecule has 0 aliphatic heterocycles. The van der Waals surface area contributed by atoms with E-state index in [1.807, 2.05) is 30.3 Å². The highest BCUT2D eigenvalue weighted by molar-refractivity contribution is 9.10. The van der Waals surface area contributed by atoms with E-state index >= 15 is 0 Å². The molecule has 2 aromatic heterocycles. The molecule has 4 aromatic rings. The smallest absolute Gasteiger partial charge is 0.294 e. The molecule has 0 saturated carbocycles. The van der Waals surface area contributed by atoms with Gasteiger partial charge in [0.25, 0.3) is 5.56 Å². The SMILES string of the molecule is O=c1[nH]c(-c2cc(Cl)cc(Br)c2)nc2c1oc1ccccc12. The van der Waals surface area contributed by atoms with Gasteiger partial charge in [-0.25, -0.2) is 4.98 Å². The maximum absolute atomic E-state index is 12.3. The lowest BCUT2D eigenvalue weighted by Gasteiger charge is -2.02. The Morgan fingerprint density at radius 1 is 1.18 bits per heavy atom. The van der Waals surface area contributed by atoms with Crippen molar-refractivity contribution in [3.8, 4) is 11.4 Å². The number of H-pyrrole nitrogens is 1. The van der Waals surface area contributed by atoms with Crippen LogP contribution in [0.25, 0.3) is 33.5 Å². The molecule has 2 heterocycles. The second-order valence-electron chi connectivity index (χ2n) is 4.85. The van der Waals surface area contributed by atoms with Crippen LogP contribution in [0.15, 0.2) is 56.1 Å². The third kappa shape index (κ3) is 2.14. The summed E-state index contributed by atoms with van der Waals surface area (Å²) in [5, 5.41) is 1.37. The van der Waals surface area contributed by atoms with E-state index in [0.29, 0.717) is 21.9 Å². The summed E-state index contributed by atoms with van der Waals surface area (Å²) in [5.74, 6) is 0.451. The lowest BCUT2D eigenvalue weighted by Crippen LogP contribution is -2.08. The van der Waals surface area contributed by atoms with Crippen molar-refractivity contribution in [1.82, 2.24) is 9.97 Å². The largest absolute Gasteiger partial charge is 0.449 e. The summed E-state index contributed by atoms with van der Waals surface area (Å²) in [6.07, 6.45) is 0. The van der Waals surface area contributed by atoms with E-state index in [9.17, 15) is 4.79 Å². The normalized spacial score (nSPS) is 11.4. The minimum absolute atomic E-state index is 0.228. The number of halogens is 2. The third-order valence-electron chi connectivity index (χ3n) is 3.37. The predicted octanol–water partition coefficient (Wildman–Crippen LogP) is 4.75. The fourth-order valence-corrected chi connectivity index (χ4v) is 3.29. The number of rotatable bonds is 1. The standard InChI is InChI=1S/C16H8BrClN2O2/c17-9-5-8(6-10(18)7-9)15-19-13-11-3-1-2-4-12(11)22-14(13)16(21)20-15/h1-7H,(H,19,20,21). The van der Waals surface area contributed by atoms with E-state index in [-0.39, 0.29) is 11.1 Å². The Bertz CT molecular complexity index is 1060.